The van der Waals surface area contributed by atoms with Gasteiger partial charge >= 0.3 is 0 Å². The van der Waals surface area contributed by atoms with Crippen LogP contribution in [0.3, 0.4) is 0 Å². The van der Waals surface area contributed by atoms with Crippen LogP contribution >= 0.6 is 0 Å². The van der Waals surface area contributed by atoms with Gasteiger partial charge in [-0.2, -0.15) is 4.98 Å². The van der Waals surface area contributed by atoms with Crippen LogP contribution in [0.1, 0.15) is 18.9 Å². The number of benzene rings is 2. The molecule has 0 saturated heterocycles. The molecule has 8 heteroatoms. The Morgan fingerprint density at radius 2 is 1.93 bits per heavy atom. The van der Waals surface area contributed by atoms with Crippen molar-refractivity contribution in [3.8, 4) is 22.9 Å². The number of para-hydroxylation sites is 2. The molecular formula is C19H16FN3O4. The Hall–Kier alpha value is -3.42. The fraction of sp³-hybridized carbons (Fsp3) is 0.211. The third-order valence-electron chi connectivity index (χ3n) is 4.07. The summed E-state index contributed by atoms with van der Waals surface area (Å²) in [6.07, 6.45) is -0.776. The molecule has 1 aromatic heterocycles. The minimum Gasteiger partial charge on any atom is -0.485 e. The zero-order valence-electron chi connectivity index (χ0n) is 14.4. The van der Waals surface area contributed by atoms with Crippen molar-refractivity contribution in [1.82, 2.24) is 15.5 Å². The zero-order chi connectivity index (χ0) is 18.8. The average molecular weight is 369 g/mol. The van der Waals surface area contributed by atoms with Crippen LogP contribution in [0.5, 0.6) is 11.5 Å². The fourth-order valence-electron chi connectivity index (χ4n) is 2.64. The number of amides is 1. The van der Waals surface area contributed by atoms with Gasteiger partial charge in [0.15, 0.2) is 11.5 Å². The predicted octanol–water partition coefficient (Wildman–Crippen LogP) is 2.89. The Morgan fingerprint density at radius 3 is 2.70 bits per heavy atom. The quantitative estimate of drug-likeness (QED) is 0.761. The number of fused-ring (bicyclic) bond motifs is 1. The number of hydrogen-bond acceptors (Lipinski definition) is 6. The second-order valence-electron chi connectivity index (χ2n) is 6.06. The third kappa shape index (κ3) is 3.59. The first kappa shape index (κ1) is 17.0. The van der Waals surface area contributed by atoms with E-state index in [0.717, 1.165) is 0 Å². The summed E-state index contributed by atoms with van der Waals surface area (Å²) >= 11 is 0. The monoisotopic (exact) mass is 369 g/mol. The molecular weight excluding hydrogens is 353 g/mol. The first-order chi connectivity index (χ1) is 13.1. The van der Waals surface area contributed by atoms with Crippen molar-refractivity contribution in [2.75, 3.05) is 6.61 Å². The van der Waals surface area contributed by atoms with Crippen LogP contribution in [0.25, 0.3) is 11.4 Å². The van der Waals surface area contributed by atoms with Gasteiger partial charge in [0.05, 0.1) is 0 Å². The molecule has 27 heavy (non-hydrogen) atoms. The molecule has 7 nitrogen and oxygen atoms in total. The van der Waals surface area contributed by atoms with Crippen LogP contribution in [0.2, 0.25) is 0 Å². The van der Waals surface area contributed by atoms with Gasteiger partial charge in [-0.25, -0.2) is 4.39 Å². The van der Waals surface area contributed by atoms with Crippen molar-refractivity contribution in [3.05, 3.63) is 60.2 Å². The number of rotatable bonds is 4. The lowest BCUT2D eigenvalue weighted by molar-refractivity contribution is -0.131. The lowest BCUT2D eigenvalue weighted by atomic mass is 10.2. The third-order valence-corrected chi connectivity index (χ3v) is 4.07. The molecule has 1 aliphatic heterocycles. The van der Waals surface area contributed by atoms with E-state index >= 15 is 0 Å². The molecule has 2 heterocycles. The van der Waals surface area contributed by atoms with Crippen molar-refractivity contribution in [1.29, 1.82) is 0 Å². The van der Waals surface area contributed by atoms with Crippen molar-refractivity contribution in [2.24, 2.45) is 0 Å². The van der Waals surface area contributed by atoms with E-state index in [1.54, 1.807) is 37.3 Å². The van der Waals surface area contributed by atoms with E-state index in [1.807, 2.05) is 6.07 Å². The van der Waals surface area contributed by atoms with Crippen molar-refractivity contribution >= 4 is 5.91 Å². The largest absolute Gasteiger partial charge is 0.485 e. The van der Waals surface area contributed by atoms with Crippen LogP contribution in [-0.2, 0) is 4.79 Å². The predicted molar refractivity (Wildman–Crippen MR) is 92.6 cm³/mol. The molecule has 3 aromatic rings. The Balaban J connectivity index is 1.41. The van der Waals surface area contributed by atoms with Crippen LogP contribution in [-0.4, -0.2) is 28.8 Å². The number of aromatic nitrogens is 2. The Kier molecular flexibility index (Phi) is 4.45. The van der Waals surface area contributed by atoms with Crippen LogP contribution in [0, 0.1) is 5.82 Å². The van der Waals surface area contributed by atoms with Gasteiger partial charge in [0, 0.05) is 5.56 Å². The van der Waals surface area contributed by atoms with Gasteiger partial charge in [-0.05, 0) is 43.3 Å². The van der Waals surface area contributed by atoms with E-state index in [9.17, 15) is 9.18 Å². The summed E-state index contributed by atoms with van der Waals surface area (Å²) in [4.78, 5) is 16.7. The van der Waals surface area contributed by atoms with E-state index in [2.05, 4.69) is 15.5 Å². The second kappa shape index (κ2) is 7.06. The maximum Gasteiger partial charge on any atom is 0.265 e. The molecule has 4 rings (SSSR count). The highest BCUT2D eigenvalue weighted by Crippen LogP contribution is 2.31. The molecule has 2 atom stereocenters. The number of nitrogens with zero attached hydrogens (tertiary/aromatic N) is 2. The summed E-state index contributed by atoms with van der Waals surface area (Å²) in [5.74, 6) is 0.985. The summed E-state index contributed by atoms with van der Waals surface area (Å²) in [5, 5.41) is 6.64. The van der Waals surface area contributed by atoms with Crippen LogP contribution in [0.4, 0.5) is 4.39 Å². The summed E-state index contributed by atoms with van der Waals surface area (Å²) in [6, 6.07) is 12.4. The standard InChI is InChI=1S/C19H16FN3O4/c1-11(19-22-17(23-27-19)12-6-8-13(20)9-7-12)21-18(24)16-10-25-14-4-2-3-5-15(14)26-16/h2-9,11,16H,10H2,1H3,(H,21,24)/t11-,16-/m0/s1. The smallest absolute Gasteiger partial charge is 0.265 e. The number of nitrogens with one attached hydrogen (secondary N) is 1. The molecule has 0 aliphatic carbocycles. The number of carbonyl (C=O) groups is 1. The maximum absolute atomic E-state index is 13.0. The van der Waals surface area contributed by atoms with E-state index in [1.165, 1.54) is 12.1 Å². The molecule has 2 aromatic carbocycles. The lowest BCUT2D eigenvalue weighted by Crippen LogP contribution is -2.44. The molecule has 0 radical (unpaired) electrons. The van der Waals surface area contributed by atoms with Crippen LogP contribution < -0.4 is 14.8 Å². The highest BCUT2D eigenvalue weighted by atomic mass is 19.1. The summed E-state index contributed by atoms with van der Waals surface area (Å²) < 4.78 is 29.5. The molecule has 0 saturated carbocycles. The first-order valence-electron chi connectivity index (χ1n) is 8.38. The Labute approximate surface area is 154 Å². The Bertz CT molecular complexity index is 958. The molecule has 1 aliphatic rings. The van der Waals surface area contributed by atoms with E-state index < -0.39 is 12.1 Å². The number of carbonyl (C=O) groups excluding carboxylic acids is 1. The molecule has 1 N–H and O–H groups in total. The molecule has 0 spiro atoms. The molecule has 0 bridgehead atoms. The van der Waals surface area contributed by atoms with E-state index in [-0.39, 0.29) is 24.2 Å². The van der Waals surface area contributed by atoms with Gasteiger partial charge in [-0.3, -0.25) is 4.79 Å². The highest BCUT2D eigenvalue weighted by Gasteiger charge is 2.29. The van der Waals surface area contributed by atoms with Gasteiger partial charge in [-0.1, -0.05) is 17.3 Å². The minimum atomic E-state index is -0.776. The molecule has 138 valence electrons. The fourth-order valence-corrected chi connectivity index (χ4v) is 2.64. The average Bonchev–Trinajstić information content (AvgIpc) is 3.18. The van der Waals surface area contributed by atoms with E-state index in [0.29, 0.717) is 22.9 Å². The first-order valence-corrected chi connectivity index (χ1v) is 8.38. The van der Waals surface area contributed by atoms with Crippen molar-refractivity contribution in [2.45, 2.75) is 19.1 Å². The van der Waals surface area contributed by atoms with Crippen molar-refractivity contribution < 1.29 is 23.2 Å². The summed E-state index contributed by atoms with van der Waals surface area (Å²) in [7, 11) is 0. The zero-order valence-corrected chi connectivity index (χ0v) is 14.4. The van der Waals surface area contributed by atoms with Gasteiger partial charge in [0.2, 0.25) is 17.8 Å². The molecule has 1 amide bonds. The van der Waals surface area contributed by atoms with Crippen LogP contribution in [0.15, 0.2) is 53.1 Å². The summed E-state index contributed by atoms with van der Waals surface area (Å²) in [5.41, 5.74) is 0.616. The molecule has 0 unspecified atom stereocenters. The lowest BCUT2D eigenvalue weighted by Gasteiger charge is -2.26. The van der Waals surface area contributed by atoms with E-state index in [4.69, 9.17) is 14.0 Å². The number of halogens is 1. The van der Waals surface area contributed by atoms with Gasteiger partial charge in [-0.15, -0.1) is 0 Å². The molecule has 0 fully saturated rings. The minimum absolute atomic E-state index is 0.111. The topological polar surface area (TPSA) is 86.5 Å². The number of hydrogen-bond donors (Lipinski definition) is 1. The van der Waals surface area contributed by atoms with Gasteiger partial charge < -0.3 is 19.3 Å². The second-order valence-corrected chi connectivity index (χ2v) is 6.06. The SMILES string of the molecule is C[C@H](NC(=O)[C@@H]1COc2ccccc2O1)c1nc(-c2ccc(F)cc2)no1. The normalized spacial score (nSPS) is 16.6. The maximum atomic E-state index is 13.0. The van der Waals surface area contributed by atoms with Gasteiger partial charge in [0.1, 0.15) is 18.5 Å². The Morgan fingerprint density at radius 1 is 1.19 bits per heavy atom. The summed E-state index contributed by atoms with van der Waals surface area (Å²) in [6.45, 7) is 1.83. The number of ether oxygens (including phenoxy) is 2. The van der Waals surface area contributed by atoms with Gasteiger partial charge in [0.25, 0.3) is 5.91 Å². The highest BCUT2D eigenvalue weighted by molar-refractivity contribution is 5.82. The van der Waals surface area contributed by atoms with Crippen molar-refractivity contribution in [3.63, 3.8) is 0 Å².